The molecule has 0 aliphatic carbocycles. The van der Waals surface area contributed by atoms with Crippen LogP contribution in [0.4, 0.5) is 10.8 Å². The summed E-state index contributed by atoms with van der Waals surface area (Å²) in [5.74, 6) is 0.564. The third-order valence-electron chi connectivity index (χ3n) is 3.18. The molecule has 0 fully saturated rings. The lowest BCUT2D eigenvalue weighted by atomic mass is 10.1. The minimum Gasteiger partial charge on any atom is -0.382 e. The molecule has 3 heterocycles. The quantitative estimate of drug-likeness (QED) is 0.746. The van der Waals surface area contributed by atoms with Crippen molar-refractivity contribution in [2.45, 2.75) is 19.9 Å². The lowest BCUT2D eigenvalue weighted by Gasteiger charge is -2.06. The molecule has 0 bridgehead atoms. The van der Waals surface area contributed by atoms with Crippen molar-refractivity contribution in [3.63, 3.8) is 0 Å². The van der Waals surface area contributed by atoms with Gasteiger partial charge in [-0.3, -0.25) is 4.98 Å². The van der Waals surface area contributed by atoms with Crippen molar-refractivity contribution in [1.82, 2.24) is 9.36 Å². The van der Waals surface area contributed by atoms with Crippen LogP contribution in [-0.4, -0.2) is 9.36 Å². The van der Waals surface area contributed by atoms with Crippen LogP contribution < -0.4 is 11.1 Å². The van der Waals surface area contributed by atoms with Gasteiger partial charge in [-0.25, -0.2) is 0 Å². The first-order chi connectivity index (χ1) is 10.3. The van der Waals surface area contributed by atoms with E-state index in [1.54, 1.807) is 12.4 Å². The van der Waals surface area contributed by atoms with Crippen LogP contribution in [0.5, 0.6) is 0 Å². The maximum absolute atomic E-state index is 6.01. The summed E-state index contributed by atoms with van der Waals surface area (Å²) in [6, 6.07) is 8.26. The van der Waals surface area contributed by atoms with Crippen LogP contribution in [-0.2, 0) is 13.0 Å². The van der Waals surface area contributed by atoms with E-state index in [2.05, 4.69) is 33.7 Å². The van der Waals surface area contributed by atoms with Gasteiger partial charge in [0.1, 0.15) is 10.8 Å². The van der Waals surface area contributed by atoms with E-state index in [9.17, 15) is 0 Å². The molecule has 4 nitrogen and oxygen atoms in total. The van der Waals surface area contributed by atoms with Crippen LogP contribution in [0.1, 0.15) is 16.7 Å². The molecule has 0 unspecified atom stereocenters. The average molecular weight is 316 g/mol. The van der Waals surface area contributed by atoms with Crippen LogP contribution in [0.3, 0.4) is 0 Å². The monoisotopic (exact) mass is 316 g/mol. The van der Waals surface area contributed by atoms with Crippen molar-refractivity contribution in [2.24, 2.45) is 0 Å². The molecule has 3 aromatic heterocycles. The number of hydrogen-bond donors (Lipinski definition) is 2. The lowest BCUT2D eigenvalue weighted by Crippen LogP contribution is -1.97. The third-order valence-corrected chi connectivity index (χ3v) is 5.22. The van der Waals surface area contributed by atoms with Crippen molar-refractivity contribution in [2.75, 3.05) is 11.1 Å². The Morgan fingerprint density at radius 3 is 2.62 bits per heavy atom. The molecule has 0 amide bonds. The molecule has 6 heteroatoms. The first kappa shape index (κ1) is 14.0. The molecule has 0 aliphatic heterocycles. The Morgan fingerprint density at radius 1 is 1.14 bits per heavy atom. The maximum atomic E-state index is 6.01. The largest absolute Gasteiger partial charge is 0.382 e. The number of nitrogen functional groups attached to an aromatic ring is 1. The maximum Gasteiger partial charge on any atom is 0.147 e. The molecule has 0 radical (unpaired) electrons. The van der Waals surface area contributed by atoms with Crippen molar-refractivity contribution in [3.8, 4) is 11.1 Å². The average Bonchev–Trinajstić information content (AvgIpc) is 3.12. The number of aryl methyl sites for hydroxylation is 1. The molecule has 0 atom stereocenters. The number of aromatic nitrogens is 2. The highest BCUT2D eigenvalue weighted by Gasteiger charge is 2.13. The van der Waals surface area contributed by atoms with Gasteiger partial charge >= 0.3 is 0 Å². The molecular formula is C15H16N4S2. The van der Waals surface area contributed by atoms with Crippen LogP contribution in [0.2, 0.25) is 0 Å². The number of rotatable bonds is 5. The molecule has 3 aromatic rings. The van der Waals surface area contributed by atoms with E-state index in [-0.39, 0.29) is 0 Å². The molecule has 0 aliphatic rings. The highest BCUT2D eigenvalue weighted by atomic mass is 32.1. The summed E-state index contributed by atoms with van der Waals surface area (Å²) in [6.45, 7) is 2.97. The summed E-state index contributed by atoms with van der Waals surface area (Å²) < 4.78 is 4.27. The Labute approximate surface area is 131 Å². The highest BCUT2D eigenvalue weighted by Crippen LogP contribution is 2.36. The highest BCUT2D eigenvalue weighted by molar-refractivity contribution is 7.12. The van der Waals surface area contributed by atoms with E-state index >= 15 is 0 Å². The summed E-state index contributed by atoms with van der Waals surface area (Å²) >= 11 is 3.24. The van der Waals surface area contributed by atoms with Gasteiger partial charge in [0.2, 0.25) is 0 Å². The predicted molar refractivity (Wildman–Crippen MR) is 90.8 cm³/mol. The summed E-state index contributed by atoms with van der Waals surface area (Å²) in [6.07, 6.45) is 4.62. The first-order valence-electron chi connectivity index (χ1n) is 6.75. The summed E-state index contributed by atoms with van der Waals surface area (Å²) in [7, 11) is 0. The normalized spacial score (nSPS) is 10.7. The van der Waals surface area contributed by atoms with Gasteiger partial charge in [0.05, 0.1) is 12.1 Å². The molecule has 108 valence electrons. The van der Waals surface area contributed by atoms with Crippen LogP contribution in [0.15, 0.2) is 36.7 Å². The summed E-state index contributed by atoms with van der Waals surface area (Å²) in [5, 5.41) is 4.46. The molecular weight excluding hydrogens is 300 g/mol. The lowest BCUT2D eigenvalue weighted by molar-refractivity contribution is 1.19. The summed E-state index contributed by atoms with van der Waals surface area (Å²) in [5.41, 5.74) is 8.02. The van der Waals surface area contributed by atoms with Crippen LogP contribution in [0, 0.1) is 0 Å². The van der Waals surface area contributed by atoms with E-state index in [1.165, 1.54) is 21.3 Å². The zero-order chi connectivity index (χ0) is 14.7. The topological polar surface area (TPSA) is 63.8 Å². The van der Waals surface area contributed by atoms with E-state index in [0.717, 1.165) is 29.1 Å². The van der Waals surface area contributed by atoms with E-state index in [1.807, 2.05) is 23.5 Å². The second kappa shape index (κ2) is 6.24. The van der Waals surface area contributed by atoms with E-state index in [4.69, 9.17) is 5.73 Å². The van der Waals surface area contributed by atoms with Crippen molar-refractivity contribution in [1.29, 1.82) is 0 Å². The Morgan fingerprint density at radius 2 is 1.90 bits per heavy atom. The molecule has 3 N–H and O–H groups in total. The second-order valence-corrected chi connectivity index (χ2v) is 6.61. The standard InChI is InChI=1S/C15H16N4S2/c1-2-11-3-4-12(20-11)9-18-15-13(14(16)19-21-15)10-5-7-17-8-6-10/h3-8,18H,2,9H2,1H3,(H2,16,19). The Balaban J connectivity index is 1.80. The van der Waals surface area contributed by atoms with Crippen LogP contribution >= 0.6 is 22.9 Å². The van der Waals surface area contributed by atoms with Gasteiger partial charge < -0.3 is 11.1 Å². The fraction of sp³-hybridized carbons (Fsp3) is 0.200. The number of pyridine rings is 1. The molecule has 0 saturated heterocycles. The Bertz CT molecular complexity index is 718. The van der Waals surface area contributed by atoms with E-state index in [0.29, 0.717) is 5.82 Å². The minimum atomic E-state index is 0.564. The zero-order valence-electron chi connectivity index (χ0n) is 11.7. The number of nitrogens with one attached hydrogen (secondary N) is 1. The van der Waals surface area contributed by atoms with Gasteiger partial charge in [-0.05, 0) is 47.8 Å². The number of anilines is 2. The Kier molecular flexibility index (Phi) is 4.17. The number of thiophene rings is 1. The van der Waals surface area contributed by atoms with Crippen LogP contribution in [0.25, 0.3) is 11.1 Å². The second-order valence-electron chi connectivity index (χ2n) is 4.58. The van der Waals surface area contributed by atoms with Crippen molar-refractivity contribution >= 4 is 33.7 Å². The molecule has 3 rings (SSSR count). The van der Waals surface area contributed by atoms with Gasteiger partial charge in [0.15, 0.2) is 0 Å². The molecule has 21 heavy (non-hydrogen) atoms. The van der Waals surface area contributed by atoms with Gasteiger partial charge in [-0.1, -0.05) is 6.92 Å². The summed E-state index contributed by atoms with van der Waals surface area (Å²) in [4.78, 5) is 6.77. The van der Waals surface area contributed by atoms with Gasteiger partial charge in [0.25, 0.3) is 0 Å². The van der Waals surface area contributed by atoms with Gasteiger partial charge in [-0.15, -0.1) is 11.3 Å². The van der Waals surface area contributed by atoms with E-state index < -0.39 is 0 Å². The SMILES string of the molecule is CCc1ccc(CNc2snc(N)c2-c2ccncc2)s1. The Hall–Kier alpha value is -1.92. The first-order valence-corrected chi connectivity index (χ1v) is 8.34. The zero-order valence-corrected chi connectivity index (χ0v) is 13.3. The molecule has 0 spiro atoms. The number of nitrogens with zero attached hydrogens (tertiary/aromatic N) is 2. The smallest absolute Gasteiger partial charge is 0.147 e. The number of nitrogens with two attached hydrogens (primary N) is 1. The molecule has 0 aromatic carbocycles. The van der Waals surface area contributed by atoms with Gasteiger partial charge in [-0.2, -0.15) is 4.37 Å². The molecule has 0 saturated carbocycles. The number of hydrogen-bond acceptors (Lipinski definition) is 6. The fourth-order valence-electron chi connectivity index (χ4n) is 2.10. The van der Waals surface area contributed by atoms with Crippen molar-refractivity contribution in [3.05, 3.63) is 46.4 Å². The van der Waals surface area contributed by atoms with Gasteiger partial charge in [0, 0.05) is 22.1 Å². The predicted octanol–water partition coefficient (Wildman–Crippen LogP) is 4.02. The van der Waals surface area contributed by atoms with Crippen molar-refractivity contribution < 1.29 is 0 Å². The minimum absolute atomic E-state index is 0.564. The third kappa shape index (κ3) is 3.06. The fourth-order valence-corrected chi connectivity index (χ4v) is 3.72.